The van der Waals surface area contributed by atoms with Crippen LogP contribution in [0.25, 0.3) is 33.6 Å². The summed E-state index contributed by atoms with van der Waals surface area (Å²) in [7, 11) is 0. The molecule has 132 valence electrons. The van der Waals surface area contributed by atoms with Crippen LogP contribution in [0, 0.1) is 5.82 Å². The molecular formula is C23H15FO3. The van der Waals surface area contributed by atoms with Crippen LogP contribution >= 0.6 is 0 Å². The second kappa shape index (κ2) is 5.55. The van der Waals surface area contributed by atoms with Crippen LogP contribution < -0.4 is 0 Å². The van der Waals surface area contributed by atoms with Gasteiger partial charge in [-0.05, 0) is 52.9 Å². The zero-order valence-corrected chi connectivity index (χ0v) is 14.5. The quantitative estimate of drug-likeness (QED) is 0.499. The van der Waals surface area contributed by atoms with Gasteiger partial charge in [0.2, 0.25) is 5.78 Å². The normalized spacial score (nSPS) is 13.8. The van der Waals surface area contributed by atoms with Crippen LogP contribution in [0.5, 0.6) is 0 Å². The summed E-state index contributed by atoms with van der Waals surface area (Å²) in [5.74, 6) is -0.506. The fraction of sp³-hybridized carbons (Fsp3) is 0.0870. The summed E-state index contributed by atoms with van der Waals surface area (Å²) >= 11 is 0. The van der Waals surface area contributed by atoms with Crippen molar-refractivity contribution in [1.29, 1.82) is 0 Å². The Kier molecular flexibility index (Phi) is 3.25. The Morgan fingerprint density at radius 2 is 1.59 bits per heavy atom. The number of ketones is 1. The minimum absolute atomic E-state index is 0.0198. The van der Waals surface area contributed by atoms with Gasteiger partial charge in [-0.1, -0.05) is 37.3 Å². The lowest BCUT2D eigenvalue weighted by atomic mass is 9.92. The first-order valence-corrected chi connectivity index (χ1v) is 8.81. The number of allylic oxidation sites excluding steroid dienone is 1. The molecule has 0 saturated carbocycles. The first kappa shape index (κ1) is 15.8. The molecule has 5 rings (SSSR count). The van der Waals surface area contributed by atoms with E-state index in [1.54, 1.807) is 24.3 Å². The number of fused-ring (bicyclic) bond motifs is 5. The Morgan fingerprint density at radius 3 is 2.26 bits per heavy atom. The van der Waals surface area contributed by atoms with E-state index in [2.05, 4.69) is 0 Å². The molecule has 0 atom stereocenters. The third kappa shape index (κ3) is 2.16. The molecule has 0 amide bonds. The van der Waals surface area contributed by atoms with E-state index in [1.807, 2.05) is 25.1 Å². The number of halogens is 1. The van der Waals surface area contributed by atoms with E-state index in [-0.39, 0.29) is 17.4 Å². The van der Waals surface area contributed by atoms with Gasteiger partial charge in [0, 0.05) is 0 Å². The third-order valence-corrected chi connectivity index (χ3v) is 5.21. The van der Waals surface area contributed by atoms with Crippen LogP contribution in [0.3, 0.4) is 0 Å². The van der Waals surface area contributed by atoms with Crippen molar-refractivity contribution >= 4 is 28.3 Å². The number of carbonyl (C=O) groups excluding carboxylic acids is 1. The highest BCUT2D eigenvalue weighted by molar-refractivity contribution is 6.42. The van der Waals surface area contributed by atoms with Crippen molar-refractivity contribution in [3.05, 3.63) is 82.7 Å². The summed E-state index contributed by atoms with van der Waals surface area (Å²) in [5, 5.41) is 10.8. The van der Waals surface area contributed by atoms with Crippen molar-refractivity contribution in [2.45, 2.75) is 13.3 Å². The average molecular weight is 358 g/mol. The molecule has 0 spiro atoms. The molecule has 2 aromatic carbocycles. The number of aliphatic hydroxyl groups is 1. The largest absolute Gasteiger partial charge is 0.506 e. The van der Waals surface area contributed by atoms with Gasteiger partial charge in [-0.3, -0.25) is 4.79 Å². The van der Waals surface area contributed by atoms with Gasteiger partial charge >= 0.3 is 0 Å². The van der Waals surface area contributed by atoms with Crippen molar-refractivity contribution in [3.63, 3.8) is 0 Å². The Bertz CT molecular complexity index is 1230. The standard InChI is InChI=1S/C23H15FO3/c1-2-12-11-14(13-3-6-15(24)7-4-13)5-8-16(12)19-22(25)20-17-9-10-18(27-17)21(20)23(19)26/h3-11,25H,2H2,1H3. The van der Waals surface area contributed by atoms with E-state index < -0.39 is 0 Å². The van der Waals surface area contributed by atoms with Gasteiger partial charge in [-0.15, -0.1) is 0 Å². The molecule has 0 unspecified atom stereocenters. The van der Waals surface area contributed by atoms with Gasteiger partial charge in [0.1, 0.15) is 22.7 Å². The molecule has 0 aliphatic heterocycles. The molecule has 1 N–H and O–H groups in total. The molecule has 1 aliphatic rings. The number of aliphatic hydroxyl groups excluding tert-OH is 1. The molecular weight excluding hydrogens is 343 g/mol. The molecule has 3 nitrogen and oxygen atoms in total. The molecule has 4 aromatic rings. The second-order valence-corrected chi connectivity index (χ2v) is 6.70. The van der Waals surface area contributed by atoms with E-state index in [0.29, 0.717) is 34.3 Å². The average Bonchev–Trinajstić information content (AvgIpc) is 3.36. The Hall–Kier alpha value is -3.40. The highest BCUT2D eigenvalue weighted by Crippen LogP contribution is 2.45. The molecule has 0 fully saturated rings. The number of hydrogen-bond acceptors (Lipinski definition) is 3. The monoisotopic (exact) mass is 358 g/mol. The smallest absolute Gasteiger partial charge is 0.202 e. The van der Waals surface area contributed by atoms with Gasteiger partial charge < -0.3 is 9.52 Å². The maximum absolute atomic E-state index is 13.2. The fourth-order valence-electron chi connectivity index (χ4n) is 3.87. The van der Waals surface area contributed by atoms with Gasteiger partial charge in [-0.25, -0.2) is 4.39 Å². The predicted octanol–water partition coefficient (Wildman–Crippen LogP) is 5.86. The summed E-state index contributed by atoms with van der Waals surface area (Å²) in [6.07, 6.45) is 0.695. The number of Topliss-reactive ketones (excluding diaryl/α,β-unsaturated/α-hetero) is 1. The first-order valence-electron chi connectivity index (χ1n) is 8.81. The lowest BCUT2D eigenvalue weighted by Crippen LogP contribution is -2.02. The summed E-state index contributed by atoms with van der Waals surface area (Å²) < 4.78 is 18.7. The third-order valence-electron chi connectivity index (χ3n) is 5.21. The fourth-order valence-corrected chi connectivity index (χ4v) is 3.87. The van der Waals surface area contributed by atoms with E-state index in [0.717, 1.165) is 22.3 Å². The van der Waals surface area contributed by atoms with Crippen molar-refractivity contribution in [1.82, 2.24) is 0 Å². The van der Waals surface area contributed by atoms with Crippen molar-refractivity contribution in [2.24, 2.45) is 0 Å². The van der Waals surface area contributed by atoms with Crippen LogP contribution in [0.4, 0.5) is 4.39 Å². The highest BCUT2D eigenvalue weighted by atomic mass is 19.1. The Balaban J connectivity index is 1.64. The molecule has 0 radical (unpaired) electrons. The Morgan fingerprint density at radius 1 is 0.926 bits per heavy atom. The maximum atomic E-state index is 13.2. The molecule has 27 heavy (non-hydrogen) atoms. The van der Waals surface area contributed by atoms with Crippen LogP contribution in [0.2, 0.25) is 0 Å². The first-order chi connectivity index (χ1) is 13.1. The number of furan rings is 2. The highest BCUT2D eigenvalue weighted by Gasteiger charge is 2.37. The van der Waals surface area contributed by atoms with E-state index in [9.17, 15) is 14.3 Å². The summed E-state index contributed by atoms with van der Waals surface area (Å²) in [6.45, 7) is 2.00. The molecule has 2 bridgehead atoms. The summed E-state index contributed by atoms with van der Waals surface area (Å²) in [6, 6.07) is 15.6. The molecule has 2 heterocycles. The SMILES string of the molecule is CCc1cc(-c2ccc(F)cc2)ccc1C1=C(O)c2c(c3ccc2o3)C1=O. The lowest BCUT2D eigenvalue weighted by Gasteiger charge is -2.12. The minimum Gasteiger partial charge on any atom is -0.506 e. The zero-order chi connectivity index (χ0) is 18.7. The van der Waals surface area contributed by atoms with E-state index in [1.165, 1.54) is 12.1 Å². The summed E-state index contributed by atoms with van der Waals surface area (Å²) in [5.41, 5.74) is 5.82. The van der Waals surface area contributed by atoms with Crippen molar-refractivity contribution in [2.75, 3.05) is 0 Å². The van der Waals surface area contributed by atoms with E-state index in [4.69, 9.17) is 4.42 Å². The minimum atomic E-state index is -0.279. The van der Waals surface area contributed by atoms with Gasteiger partial charge in [0.15, 0.2) is 0 Å². The lowest BCUT2D eigenvalue weighted by molar-refractivity contribution is 0.106. The molecule has 1 aliphatic carbocycles. The van der Waals surface area contributed by atoms with Crippen LogP contribution in [0.1, 0.15) is 34.0 Å². The number of rotatable bonds is 3. The molecule has 0 saturated heterocycles. The van der Waals surface area contributed by atoms with Gasteiger partial charge in [0.05, 0.1) is 16.7 Å². The van der Waals surface area contributed by atoms with Crippen molar-refractivity contribution < 1.29 is 18.7 Å². The van der Waals surface area contributed by atoms with Crippen LogP contribution in [-0.2, 0) is 6.42 Å². The van der Waals surface area contributed by atoms with Crippen LogP contribution in [-0.4, -0.2) is 10.9 Å². The molecule has 4 heteroatoms. The van der Waals surface area contributed by atoms with Crippen molar-refractivity contribution in [3.8, 4) is 11.1 Å². The second-order valence-electron chi connectivity index (χ2n) is 6.70. The number of aryl methyl sites for hydroxylation is 1. The van der Waals surface area contributed by atoms with Gasteiger partial charge in [-0.2, -0.15) is 0 Å². The number of benzene rings is 3. The van der Waals surface area contributed by atoms with E-state index >= 15 is 0 Å². The number of carbonyl (C=O) groups is 1. The maximum Gasteiger partial charge on any atom is 0.202 e. The number of hydrogen-bond donors (Lipinski definition) is 1. The molecule has 2 aromatic heterocycles. The Labute approximate surface area is 154 Å². The zero-order valence-electron chi connectivity index (χ0n) is 14.5. The van der Waals surface area contributed by atoms with Gasteiger partial charge in [0.25, 0.3) is 0 Å². The van der Waals surface area contributed by atoms with Crippen LogP contribution in [0.15, 0.2) is 59.0 Å². The predicted molar refractivity (Wildman–Crippen MR) is 102 cm³/mol. The topological polar surface area (TPSA) is 50.4 Å². The summed E-state index contributed by atoms with van der Waals surface area (Å²) in [4.78, 5) is 13.0.